The predicted molar refractivity (Wildman–Crippen MR) is 98.9 cm³/mol. The molecule has 0 aromatic heterocycles. The lowest BCUT2D eigenvalue weighted by atomic mass is 9.80. The molecule has 2 rings (SSSR count). The molecule has 1 saturated heterocycles. The Morgan fingerprint density at radius 1 is 1.23 bits per heavy atom. The maximum atomic E-state index is 10.4. The molecule has 1 aliphatic carbocycles. The first-order valence-corrected chi connectivity index (χ1v) is 10.2. The average molecular weight is 375 g/mol. The van der Waals surface area contributed by atoms with Crippen molar-refractivity contribution in [2.75, 3.05) is 27.1 Å². The summed E-state index contributed by atoms with van der Waals surface area (Å²) in [5.74, 6) is 0.216. The van der Waals surface area contributed by atoms with E-state index in [0.717, 1.165) is 44.9 Å². The zero-order valence-corrected chi connectivity index (χ0v) is 16.9. The Morgan fingerprint density at radius 2 is 2.04 bits per heavy atom. The van der Waals surface area contributed by atoms with E-state index in [4.69, 9.17) is 23.7 Å². The standard InChI is InChI=1S/C20H38O6/c1-5-23-15(2)24-13-7-10-19-20(3,25-14-22-4)12-11-16-17(21)8-6-9-18(16)26-19/h15-19,21H,5-14H2,1-4H3/t15?,16-,17+,18-,19+,20-/m0/s1. The summed E-state index contributed by atoms with van der Waals surface area (Å²) in [5, 5.41) is 10.4. The van der Waals surface area contributed by atoms with Crippen molar-refractivity contribution in [3.8, 4) is 0 Å². The van der Waals surface area contributed by atoms with E-state index in [1.54, 1.807) is 7.11 Å². The van der Waals surface area contributed by atoms with E-state index in [0.29, 0.717) is 13.2 Å². The number of hydrogen-bond acceptors (Lipinski definition) is 6. The van der Waals surface area contributed by atoms with Crippen LogP contribution in [0.25, 0.3) is 0 Å². The Bertz CT molecular complexity index is 392. The largest absolute Gasteiger partial charge is 0.393 e. The van der Waals surface area contributed by atoms with Crippen molar-refractivity contribution in [2.24, 2.45) is 5.92 Å². The zero-order valence-electron chi connectivity index (χ0n) is 16.9. The molecule has 1 unspecified atom stereocenters. The van der Waals surface area contributed by atoms with Gasteiger partial charge in [0.25, 0.3) is 0 Å². The summed E-state index contributed by atoms with van der Waals surface area (Å²) < 4.78 is 28.9. The Kier molecular flexibility index (Phi) is 9.27. The van der Waals surface area contributed by atoms with Gasteiger partial charge in [-0.15, -0.1) is 0 Å². The summed E-state index contributed by atoms with van der Waals surface area (Å²) in [4.78, 5) is 0. The molecule has 0 radical (unpaired) electrons. The Morgan fingerprint density at radius 3 is 2.77 bits per heavy atom. The number of aliphatic hydroxyl groups excluding tert-OH is 1. The van der Waals surface area contributed by atoms with Crippen LogP contribution in [0, 0.1) is 5.92 Å². The highest BCUT2D eigenvalue weighted by Gasteiger charge is 2.45. The van der Waals surface area contributed by atoms with Crippen molar-refractivity contribution in [1.82, 2.24) is 0 Å². The molecule has 1 aliphatic heterocycles. The van der Waals surface area contributed by atoms with E-state index >= 15 is 0 Å². The van der Waals surface area contributed by atoms with Crippen LogP contribution in [-0.4, -0.2) is 62.4 Å². The van der Waals surface area contributed by atoms with E-state index in [-0.39, 0.29) is 37.3 Å². The second-order valence-corrected chi connectivity index (χ2v) is 7.76. The molecule has 26 heavy (non-hydrogen) atoms. The van der Waals surface area contributed by atoms with Gasteiger partial charge in [-0.2, -0.15) is 0 Å². The molecule has 0 aromatic rings. The number of fused-ring (bicyclic) bond motifs is 1. The van der Waals surface area contributed by atoms with Gasteiger partial charge in [-0.3, -0.25) is 0 Å². The SMILES string of the molecule is CCOC(C)OCCC[C@H]1O[C@H]2CCC[C@@H](O)[C@@H]2CC[C@]1(C)OCOC. The normalized spacial score (nSPS) is 36.3. The maximum Gasteiger partial charge on any atom is 0.154 e. The maximum absolute atomic E-state index is 10.4. The monoisotopic (exact) mass is 374 g/mol. The molecular weight excluding hydrogens is 336 g/mol. The van der Waals surface area contributed by atoms with Gasteiger partial charge in [-0.1, -0.05) is 0 Å². The fourth-order valence-electron chi connectivity index (χ4n) is 4.25. The first-order chi connectivity index (χ1) is 12.5. The number of ether oxygens (including phenoxy) is 5. The number of rotatable bonds is 10. The molecule has 6 heteroatoms. The highest BCUT2D eigenvalue weighted by Crippen LogP contribution is 2.41. The molecule has 1 saturated carbocycles. The molecule has 0 amide bonds. The van der Waals surface area contributed by atoms with Gasteiger partial charge in [0.05, 0.1) is 23.9 Å². The van der Waals surface area contributed by atoms with Gasteiger partial charge in [-0.05, 0) is 65.7 Å². The lowest BCUT2D eigenvalue weighted by Gasteiger charge is -2.38. The van der Waals surface area contributed by atoms with Crippen molar-refractivity contribution in [3.05, 3.63) is 0 Å². The third-order valence-electron chi connectivity index (χ3n) is 5.83. The Hall–Kier alpha value is -0.240. The van der Waals surface area contributed by atoms with Crippen LogP contribution in [0.3, 0.4) is 0 Å². The topological polar surface area (TPSA) is 66.4 Å². The lowest BCUT2D eigenvalue weighted by molar-refractivity contribution is -0.197. The second kappa shape index (κ2) is 10.9. The van der Waals surface area contributed by atoms with Crippen molar-refractivity contribution in [3.63, 3.8) is 0 Å². The van der Waals surface area contributed by atoms with Crippen LogP contribution in [0.1, 0.15) is 65.7 Å². The van der Waals surface area contributed by atoms with Gasteiger partial charge >= 0.3 is 0 Å². The van der Waals surface area contributed by atoms with Crippen molar-refractivity contribution >= 4 is 0 Å². The average Bonchev–Trinajstić information content (AvgIpc) is 2.75. The summed E-state index contributed by atoms with van der Waals surface area (Å²) in [5.41, 5.74) is -0.404. The van der Waals surface area contributed by atoms with E-state index in [1.807, 2.05) is 13.8 Å². The summed E-state index contributed by atoms with van der Waals surface area (Å²) >= 11 is 0. The molecule has 0 bridgehead atoms. The van der Waals surface area contributed by atoms with Gasteiger partial charge in [0, 0.05) is 26.2 Å². The van der Waals surface area contributed by atoms with Crippen LogP contribution in [0.4, 0.5) is 0 Å². The quantitative estimate of drug-likeness (QED) is 0.468. The van der Waals surface area contributed by atoms with Gasteiger partial charge in [-0.25, -0.2) is 0 Å². The van der Waals surface area contributed by atoms with E-state index in [1.165, 1.54) is 0 Å². The minimum Gasteiger partial charge on any atom is -0.393 e. The lowest BCUT2D eigenvalue weighted by Crippen LogP contribution is -2.45. The van der Waals surface area contributed by atoms with Crippen molar-refractivity contribution in [1.29, 1.82) is 0 Å². The molecule has 2 fully saturated rings. The van der Waals surface area contributed by atoms with Crippen LogP contribution in [0.15, 0.2) is 0 Å². The Labute approximate surface area is 158 Å². The zero-order chi connectivity index (χ0) is 19.0. The first-order valence-electron chi connectivity index (χ1n) is 10.2. The van der Waals surface area contributed by atoms with E-state index < -0.39 is 5.60 Å². The van der Waals surface area contributed by atoms with Crippen LogP contribution in [0.2, 0.25) is 0 Å². The van der Waals surface area contributed by atoms with Crippen LogP contribution < -0.4 is 0 Å². The molecule has 0 spiro atoms. The van der Waals surface area contributed by atoms with Gasteiger partial charge in [0.1, 0.15) is 6.79 Å². The third-order valence-corrected chi connectivity index (χ3v) is 5.83. The highest BCUT2D eigenvalue weighted by atomic mass is 16.7. The number of methoxy groups -OCH3 is 1. The number of hydrogen-bond donors (Lipinski definition) is 1. The summed E-state index contributed by atoms with van der Waals surface area (Å²) in [6.45, 7) is 7.55. The highest BCUT2D eigenvalue weighted by molar-refractivity contribution is 4.94. The third kappa shape index (κ3) is 6.14. The minimum atomic E-state index is -0.404. The molecule has 6 atom stereocenters. The smallest absolute Gasteiger partial charge is 0.154 e. The van der Waals surface area contributed by atoms with Gasteiger partial charge < -0.3 is 28.8 Å². The molecule has 0 aromatic carbocycles. The molecule has 1 N–H and O–H groups in total. The van der Waals surface area contributed by atoms with Crippen molar-refractivity contribution in [2.45, 2.75) is 95.9 Å². The van der Waals surface area contributed by atoms with Gasteiger partial charge in [0.2, 0.25) is 0 Å². The summed E-state index contributed by atoms with van der Waals surface area (Å²) in [6, 6.07) is 0. The summed E-state index contributed by atoms with van der Waals surface area (Å²) in [6.07, 6.45) is 6.15. The summed E-state index contributed by atoms with van der Waals surface area (Å²) in [7, 11) is 1.64. The second-order valence-electron chi connectivity index (χ2n) is 7.76. The predicted octanol–water partition coefficient (Wildman–Crippen LogP) is 3.25. The van der Waals surface area contributed by atoms with Crippen LogP contribution in [-0.2, 0) is 23.7 Å². The van der Waals surface area contributed by atoms with E-state index in [9.17, 15) is 5.11 Å². The van der Waals surface area contributed by atoms with E-state index in [2.05, 4.69) is 6.92 Å². The fraction of sp³-hybridized carbons (Fsp3) is 1.00. The fourth-order valence-corrected chi connectivity index (χ4v) is 4.25. The first kappa shape index (κ1) is 22.1. The van der Waals surface area contributed by atoms with Crippen LogP contribution in [0.5, 0.6) is 0 Å². The molecule has 6 nitrogen and oxygen atoms in total. The Balaban J connectivity index is 1.95. The molecule has 2 aliphatic rings. The molecule has 154 valence electrons. The van der Waals surface area contributed by atoms with Crippen LogP contribution >= 0.6 is 0 Å². The van der Waals surface area contributed by atoms with Crippen molar-refractivity contribution < 1.29 is 28.8 Å². The minimum absolute atomic E-state index is 0.0241. The molecular formula is C20H38O6. The molecule has 1 heterocycles. The number of aliphatic hydroxyl groups is 1. The van der Waals surface area contributed by atoms with Gasteiger partial charge in [0.15, 0.2) is 6.29 Å².